The van der Waals surface area contributed by atoms with Crippen molar-refractivity contribution >= 4 is 44.8 Å². The number of halogens is 2. The van der Waals surface area contributed by atoms with Crippen molar-refractivity contribution in [1.29, 1.82) is 0 Å². The van der Waals surface area contributed by atoms with E-state index in [1.807, 2.05) is 37.3 Å². The van der Waals surface area contributed by atoms with Gasteiger partial charge in [-0.2, -0.15) is 4.72 Å². The third-order valence-electron chi connectivity index (χ3n) is 4.55. The molecular weight excluding hydrogens is 471 g/mol. The maximum absolute atomic E-state index is 13.1. The Bertz CT molecular complexity index is 1170. The molecule has 32 heavy (non-hydrogen) atoms. The van der Waals surface area contributed by atoms with Crippen LogP contribution in [-0.4, -0.2) is 27.0 Å². The van der Waals surface area contributed by atoms with Crippen LogP contribution in [0, 0.1) is 0 Å². The minimum Gasteiger partial charge on any atom is -0.494 e. The van der Waals surface area contributed by atoms with E-state index in [0.29, 0.717) is 18.0 Å². The fourth-order valence-electron chi connectivity index (χ4n) is 2.99. The van der Waals surface area contributed by atoms with E-state index >= 15 is 0 Å². The molecule has 3 aromatic rings. The first-order chi connectivity index (χ1) is 15.3. The third-order valence-corrected chi connectivity index (χ3v) is 6.86. The molecule has 1 amide bonds. The Morgan fingerprint density at radius 3 is 2.31 bits per heavy atom. The lowest BCUT2D eigenvalue weighted by Gasteiger charge is -2.19. The van der Waals surface area contributed by atoms with Crippen LogP contribution in [0.1, 0.15) is 12.5 Å². The second-order valence-corrected chi connectivity index (χ2v) is 9.36. The van der Waals surface area contributed by atoms with Gasteiger partial charge in [0.15, 0.2) is 0 Å². The zero-order chi connectivity index (χ0) is 23.1. The first kappa shape index (κ1) is 24.1. The Hall–Kier alpha value is -2.58. The highest BCUT2D eigenvalue weighted by Gasteiger charge is 2.27. The number of anilines is 1. The zero-order valence-electron chi connectivity index (χ0n) is 17.2. The summed E-state index contributed by atoms with van der Waals surface area (Å²) < 4.78 is 33.9. The van der Waals surface area contributed by atoms with Crippen molar-refractivity contribution in [2.75, 3.05) is 11.9 Å². The van der Waals surface area contributed by atoms with Gasteiger partial charge in [-0.25, -0.2) is 8.42 Å². The third kappa shape index (κ3) is 6.23. The van der Waals surface area contributed by atoms with E-state index in [1.165, 1.54) is 12.1 Å². The van der Waals surface area contributed by atoms with Gasteiger partial charge < -0.3 is 10.1 Å². The van der Waals surface area contributed by atoms with Crippen molar-refractivity contribution in [2.45, 2.75) is 24.3 Å². The molecule has 1 atom stereocenters. The monoisotopic (exact) mass is 492 g/mol. The molecule has 168 valence electrons. The molecule has 0 saturated carbocycles. The number of hydrogen-bond acceptors (Lipinski definition) is 4. The molecule has 6 nitrogen and oxygen atoms in total. The van der Waals surface area contributed by atoms with Crippen molar-refractivity contribution in [1.82, 2.24) is 4.72 Å². The maximum Gasteiger partial charge on any atom is 0.242 e. The summed E-state index contributed by atoms with van der Waals surface area (Å²) in [6.45, 7) is 2.31. The summed E-state index contributed by atoms with van der Waals surface area (Å²) in [4.78, 5) is 13.1. The summed E-state index contributed by atoms with van der Waals surface area (Å²) in [7, 11) is -3.99. The van der Waals surface area contributed by atoms with Crippen molar-refractivity contribution < 1.29 is 17.9 Å². The van der Waals surface area contributed by atoms with E-state index in [0.717, 1.165) is 5.56 Å². The van der Waals surface area contributed by atoms with Gasteiger partial charge in [0.2, 0.25) is 15.9 Å². The first-order valence-electron chi connectivity index (χ1n) is 9.84. The van der Waals surface area contributed by atoms with Crippen LogP contribution in [-0.2, 0) is 21.2 Å². The standard InChI is InChI=1S/C23H22Cl2N2O4S/c1-2-31-17-11-13-18(14-12-17)32(29,30)27-21(15-16-7-4-3-5-8-16)23(28)26-20-10-6-9-19(24)22(20)25/h3-14,21,27H,2,15H2,1H3,(H,26,28)/t21-/m0/s1. The van der Waals surface area contributed by atoms with Gasteiger partial charge in [0.1, 0.15) is 11.8 Å². The number of carbonyl (C=O) groups excluding carboxylic acids is 1. The van der Waals surface area contributed by atoms with E-state index in [2.05, 4.69) is 10.0 Å². The Morgan fingerprint density at radius 2 is 1.66 bits per heavy atom. The Morgan fingerprint density at radius 1 is 0.969 bits per heavy atom. The SMILES string of the molecule is CCOc1ccc(S(=O)(=O)N[C@@H](Cc2ccccc2)C(=O)Nc2cccc(Cl)c2Cl)cc1. The van der Waals surface area contributed by atoms with Crippen LogP contribution in [0.5, 0.6) is 5.75 Å². The zero-order valence-corrected chi connectivity index (χ0v) is 19.5. The second kappa shape index (κ2) is 10.8. The molecule has 0 saturated heterocycles. The number of hydrogen-bond donors (Lipinski definition) is 2. The predicted octanol–water partition coefficient (Wildman–Crippen LogP) is 4.92. The normalized spacial score (nSPS) is 12.2. The lowest BCUT2D eigenvalue weighted by molar-refractivity contribution is -0.117. The van der Waals surface area contributed by atoms with Crippen molar-refractivity contribution in [3.8, 4) is 5.75 Å². The summed E-state index contributed by atoms with van der Waals surface area (Å²) in [5.74, 6) is -0.00634. The van der Waals surface area contributed by atoms with Crippen LogP contribution < -0.4 is 14.8 Å². The lowest BCUT2D eigenvalue weighted by atomic mass is 10.1. The number of ether oxygens (including phenoxy) is 1. The van der Waals surface area contributed by atoms with Gasteiger partial charge >= 0.3 is 0 Å². The van der Waals surface area contributed by atoms with E-state index < -0.39 is 22.0 Å². The number of rotatable bonds is 9. The summed E-state index contributed by atoms with van der Waals surface area (Å²) in [6.07, 6.45) is 0.140. The van der Waals surface area contributed by atoms with Crippen LogP contribution in [0.25, 0.3) is 0 Å². The van der Waals surface area contributed by atoms with Crippen molar-refractivity contribution in [3.05, 3.63) is 88.4 Å². The number of sulfonamides is 1. The maximum atomic E-state index is 13.1. The van der Waals surface area contributed by atoms with E-state index in [-0.39, 0.29) is 21.4 Å². The lowest BCUT2D eigenvalue weighted by Crippen LogP contribution is -2.45. The highest BCUT2D eigenvalue weighted by atomic mass is 35.5. The van der Waals surface area contributed by atoms with Crippen LogP contribution in [0.3, 0.4) is 0 Å². The number of amides is 1. The van der Waals surface area contributed by atoms with Crippen LogP contribution >= 0.6 is 23.2 Å². The van der Waals surface area contributed by atoms with Gasteiger partial charge in [0, 0.05) is 0 Å². The molecule has 0 bridgehead atoms. The minimum absolute atomic E-state index is 0.0209. The van der Waals surface area contributed by atoms with Gasteiger partial charge in [0.25, 0.3) is 0 Å². The molecular formula is C23H22Cl2N2O4S. The highest BCUT2D eigenvalue weighted by molar-refractivity contribution is 7.89. The van der Waals surface area contributed by atoms with E-state index in [1.54, 1.807) is 30.3 Å². The summed E-state index contributed by atoms with van der Waals surface area (Å²) >= 11 is 12.2. The minimum atomic E-state index is -3.99. The van der Waals surface area contributed by atoms with Gasteiger partial charge in [0.05, 0.1) is 27.2 Å². The number of carbonyl (C=O) groups is 1. The molecule has 0 fully saturated rings. The molecule has 9 heteroatoms. The average molecular weight is 493 g/mol. The molecule has 2 N–H and O–H groups in total. The largest absolute Gasteiger partial charge is 0.494 e. The molecule has 0 aliphatic carbocycles. The van der Waals surface area contributed by atoms with Gasteiger partial charge in [-0.1, -0.05) is 59.6 Å². The summed E-state index contributed by atoms with van der Waals surface area (Å²) in [6, 6.07) is 18.8. The fourth-order valence-corrected chi connectivity index (χ4v) is 4.54. The molecule has 0 aromatic heterocycles. The van der Waals surface area contributed by atoms with Crippen LogP contribution in [0.2, 0.25) is 10.0 Å². The Balaban J connectivity index is 1.86. The van der Waals surface area contributed by atoms with Crippen LogP contribution in [0.15, 0.2) is 77.7 Å². The summed E-state index contributed by atoms with van der Waals surface area (Å²) in [5.41, 5.74) is 1.08. The fraction of sp³-hybridized carbons (Fsp3) is 0.174. The van der Waals surface area contributed by atoms with Crippen molar-refractivity contribution in [3.63, 3.8) is 0 Å². The smallest absolute Gasteiger partial charge is 0.242 e. The summed E-state index contributed by atoms with van der Waals surface area (Å²) in [5, 5.41) is 3.12. The van der Waals surface area contributed by atoms with Crippen molar-refractivity contribution in [2.24, 2.45) is 0 Å². The molecule has 3 aromatic carbocycles. The Labute approximate surface area is 197 Å². The quantitative estimate of drug-likeness (QED) is 0.443. The molecule has 0 radical (unpaired) electrons. The first-order valence-corrected chi connectivity index (χ1v) is 12.1. The predicted molar refractivity (Wildman–Crippen MR) is 127 cm³/mol. The molecule has 0 aliphatic rings. The molecule has 0 unspecified atom stereocenters. The topological polar surface area (TPSA) is 84.5 Å². The van der Waals surface area contributed by atoms with E-state index in [9.17, 15) is 13.2 Å². The molecule has 0 heterocycles. The van der Waals surface area contributed by atoms with Gasteiger partial charge in [-0.05, 0) is 55.3 Å². The highest BCUT2D eigenvalue weighted by Crippen LogP contribution is 2.29. The Kier molecular flexibility index (Phi) is 8.15. The molecule has 0 spiro atoms. The number of benzene rings is 3. The molecule has 0 aliphatic heterocycles. The average Bonchev–Trinajstić information content (AvgIpc) is 2.77. The second-order valence-electron chi connectivity index (χ2n) is 6.86. The number of nitrogens with one attached hydrogen (secondary N) is 2. The van der Waals surface area contributed by atoms with Gasteiger partial charge in [-0.3, -0.25) is 4.79 Å². The van der Waals surface area contributed by atoms with E-state index in [4.69, 9.17) is 27.9 Å². The van der Waals surface area contributed by atoms with Gasteiger partial charge in [-0.15, -0.1) is 0 Å². The molecule has 3 rings (SSSR count). The van der Waals surface area contributed by atoms with Crippen LogP contribution in [0.4, 0.5) is 5.69 Å².